The number of ether oxygens (including phenoxy) is 1. The number of amides is 2. The van der Waals surface area contributed by atoms with Crippen molar-refractivity contribution in [2.24, 2.45) is 0 Å². The topological polar surface area (TPSA) is 85.5 Å². The maximum Gasteiger partial charge on any atom is 0.422 e. The van der Waals surface area contributed by atoms with E-state index in [2.05, 4.69) is 21.5 Å². The summed E-state index contributed by atoms with van der Waals surface area (Å²) in [5.41, 5.74) is -0.368. The van der Waals surface area contributed by atoms with Gasteiger partial charge < -0.3 is 4.74 Å². The van der Waals surface area contributed by atoms with Crippen LogP contribution in [-0.4, -0.2) is 27.9 Å². The Hall–Kier alpha value is -2.96. The van der Waals surface area contributed by atoms with Crippen LogP contribution in [0.5, 0.6) is 0 Å². The van der Waals surface area contributed by atoms with E-state index in [1.165, 1.54) is 6.08 Å². The van der Waals surface area contributed by atoms with Crippen LogP contribution in [0.25, 0.3) is 6.08 Å². The highest BCUT2D eigenvalue weighted by atomic mass is 16.6. The van der Waals surface area contributed by atoms with Crippen molar-refractivity contribution in [2.45, 2.75) is 26.4 Å². The van der Waals surface area contributed by atoms with Gasteiger partial charge in [0.2, 0.25) is 5.69 Å². The fourth-order valence-electron chi connectivity index (χ4n) is 1.77. The molecular formula is C16H17N3O4. The van der Waals surface area contributed by atoms with E-state index in [0.29, 0.717) is 5.69 Å². The minimum atomic E-state index is -0.813. The molecule has 0 N–H and O–H groups in total. The van der Waals surface area contributed by atoms with E-state index >= 15 is 0 Å². The Bertz CT molecular complexity index is 716. The summed E-state index contributed by atoms with van der Waals surface area (Å²) in [5, 5.41) is 7.12. The SMILES string of the molecule is C=Cc1nonc1C(=O)N(C(=O)OC(C)(C)C)c1ccccc1. The average molecular weight is 315 g/mol. The molecule has 0 aliphatic heterocycles. The number of imide groups is 1. The van der Waals surface area contributed by atoms with Gasteiger partial charge in [-0.25, -0.2) is 14.3 Å². The lowest BCUT2D eigenvalue weighted by atomic mass is 10.2. The molecule has 0 bridgehead atoms. The quantitative estimate of drug-likeness (QED) is 0.864. The summed E-state index contributed by atoms with van der Waals surface area (Å²) in [7, 11) is 0. The molecule has 1 aromatic carbocycles. The first kappa shape index (κ1) is 16.4. The molecule has 120 valence electrons. The summed E-state index contributed by atoms with van der Waals surface area (Å²) in [6.45, 7) is 8.67. The fourth-order valence-corrected chi connectivity index (χ4v) is 1.77. The van der Waals surface area contributed by atoms with Crippen molar-refractivity contribution < 1.29 is 19.0 Å². The number of carbonyl (C=O) groups excluding carboxylic acids is 2. The molecule has 2 aromatic rings. The highest BCUT2D eigenvalue weighted by molar-refractivity contribution is 6.19. The van der Waals surface area contributed by atoms with Gasteiger partial charge in [-0.05, 0) is 49.3 Å². The Labute approximate surface area is 133 Å². The summed E-state index contributed by atoms with van der Waals surface area (Å²) in [6.07, 6.45) is 0.508. The lowest BCUT2D eigenvalue weighted by Gasteiger charge is -2.25. The van der Waals surface area contributed by atoms with Gasteiger partial charge in [0.1, 0.15) is 11.3 Å². The van der Waals surface area contributed by atoms with Gasteiger partial charge in [0.25, 0.3) is 5.91 Å². The van der Waals surface area contributed by atoms with Crippen LogP contribution < -0.4 is 4.90 Å². The molecule has 1 aromatic heterocycles. The van der Waals surface area contributed by atoms with Crippen molar-refractivity contribution in [2.75, 3.05) is 4.90 Å². The Balaban J connectivity index is 2.44. The third kappa shape index (κ3) is 3.82. The fraction of sp³-hybridized carbons (Fsp3) is 0.250. The van der Waals surface area contributed by atoms with Crippen LogP contribution >= 0.6 is 0 Å². The van der Waals surface area contributed by atoms with E-state index in [1.54, 1.807) is 51.1 Å². The number of carbonyl (C=O) groups is 2. The van der Waals surface area contributed by atoms with Gasteiger partial charge in [0, 0.05) is 0 Å². The van der Waals surface area contributed by atoms with Gasteiger partial charge in [-0.2, -0.15) is 0 Å². The summed E-state index contributed by atoms with van der Waals surface area (Å²) in [4.78, 5) is 26.1. The Morgan fingerprint density at radius 2 is 1.87 bits per heavy atom. The maximum absolute atomic E-state index is 12.7. The van der Waals surface area contributed by atoms with Crippen molar-refractivity contribution in [1.82, 2.24) is 10.3 Å². The number of anilines is 1. The van der Waals surface area contributed by atoms with Crippen molar-refractivity contribution >= 4 is 23.8 Å². The van der Waals surface area contributed by atoms with Crippen LogP contribution in [0.1, 0.15) is 37.0 Å². The number of nitrogens with zero attached hydrogens (tertiary/aromatic N) is 3. The van der Waals surface area contributed by atoms with E-state index in [9.17, 15) is 9.59 Å². The van der Waals surface area contributed by atoms with Crippen LogP contribution in [0.3, 0.4) is 0 Å². The second-order valence-corrected chi connectivity index (χ2v) is 5.66. The van der Waals surface area contributed by atoms with E-state index < -0.39 is 17.6 Å². The molecule has 23 heavy (non-hydrogen) atoms. The van der Waals surface area contributed by atoms with E-state index in [4.69, 9.17) is 4.74 Å². The molecule has 0 saturated heterocycles. The molecule has 7 heteroatoms. The predicted molar refractivity (Wildman–Crippen MR) is 83.9 cm³/mol. The van der Waals surface area contributed by atoms with Crippen LogP contribution in [0, 0.1) is 0 Å². The first-order valence-electron chi connectivity index (χ1n) is 6.91. The normalized spacial score (nSPS) is 10.9. The molecule has 2 rings (SSSR count). The first-order chi connectivity index (χ1) is 10.8. The second-order valence-electron chi connectivity index (χ2n) is 5.66. The van der Waals surface area contributed by atoms with Crippen LogP contribution in [0.4, 0.5) is 10.5 Å². The number of aromatic nitrogens is 2. The van der Waals surface area contributed by atoms with Gasteiger partial charge in [-0.3, -0.25) is 4.79 Å². The highest BCUT2D eigenvalue weighted by Gasteiger charge is 2.32. The number of hydrogen-bond donors (Lipinski definition) is 0. The smallest absolute Gasteiger partial charge is 0.422 e. The number of para-hydroxylation sites is 1. The van der Waals surface area contributed by atoms with Gasteiger partial charge in [-0.1, -0.05) is 24.8 Å². The lowest BCUT2D eigenvalue weighted by molar-refractivity contribution is 0.0563. The lowest BCUT2D eigenvalue weighted by Crippen LogP contribution is -2.41. The number of benzene rings is 1. The Kier molecular flexibility index (Phi) is 4.59. The maximum atomic E-state index is 12.7. The molecule has 2 amide bonds. The summed E-state index contributed by atoms with van der Waals surface area (Å²) in [6, 6.07) is 8.41. The van der Waals surface area contributed by atoms with Crippen molar-refractivity contribution in [3.63, 3.8) is 0 Å². The molecule has 1 heterocycles. The molecular weight excluding hydrogens is 298 g/mol. The number of hydrogen-bond acceptors (Lipinski definition) is 6. The van der Waals surface area contributed by atoms with Gasteiger partial charge in [0.15, 0.2) is 0 Å². The van der Waals surface area contributed by atoms with Gasteiger partial charge >= 0.3 is 6.09 Å². The zero-order valence-corrected chi connectivity index (χ0v) is 13.1. The predicted octanol–water partition coefficient (Wildman–Crippen LogP) is 3.29. The van der Waals surface area contributed by atoms with Crippen molar-refractivity contribution in [3.8, 4) is 0 Å². The summed E-state index contributed by atoms with van der Waals surface area (Å²) >= 11 is 0. The monoisotopic (exact) mass is 315 g/mol. The zero-order chi connectivity index (χ0) is 17.0. The Morgan fingerprint density at radius 1 is 1.22 bits per heavy atom. The molecule has 0 atom stereocenters. The van der Waals surface area contributed by atoms with Gasteiger partial charge in [-0.15, -0.1) is 0 Å². The van der Waals surface area contributed by atoms with Crippen molar-refractivity contribution in [3.05, 3.63) is 48.3 Å². The molecule has 7 nitrogen and oxygen atoms in total. The average Bonchev–Trinajstić information content (AvgIpc) is 2.95. The summed E-state index contributed by atoms with van der Waals surface area (Å²) in [5.74, 6) is -0.707. The molecule has 0 aliphatic carbocycles. The molecule has 0 saturated carbocycles. The van der Waals surface area contributed by atoms with Gasteiger partial charge in [0.05, 0.1) is 5.69 Å². The molecule has 0 radical (unpaired) electrons. The third-order valence-corrected chi connectivity index (χ3v) is 2.70. The molecule has 0 unspecified atom stereocenters. The minimum absolute atomic E-state index is 0.116. The number of rotatable bonds is 3. The van der Waals surface area contributed by atoms with Crippen LogP contribution in [0.2, 0.25) is 0 Å². The third-order valence-electron chi connectivity index (χ3n) is 2.70. The molecule has 0 aliphatic rings. The standard InChI is InChI=1S/C16H17N3O4/c1-5-12-13(18-23-17-12)14(20)19(11-9-7-6-8-10-11)15(21)22-16(2,3)4/h5-10H,1H2,2-4H3. The highest BCUT2D eigenvalue weighted by Crippen LogP contribution is 2.21. The molecule has 0 fully saturated rings. The van der Waals surface area contributed by atoms with Crippen LogP contribution in [0.15, 0.2) is 41.5 Å². The zero-order valence-electron chi connectivity index (χ0n) is 13.1. The Morgan fingerprint density at radius 3 is 2.43 bits per heavy atom. The second kappa shape index (κ2) is 6.43. The first-order valence-corrected chi connectivity index (χ1v) is 6.91. The van der Waals surface area contributed by atoms with Crippen molar-refractivity contribution in [1.29, 1.82) is 0 Å². The van der Waals surface area contributed by atoms with E-state index in [1.807, 2.05) is 0 Å². The summed E-state index contributed by atoms with van der Waals surface area (Å²) < 4.78 is 9.86. The van der Waals surface area contributed by atoms with E-state index in [0.717, 1.165) is 4.90 Å². The van der Waals surface area contributed by atoms with E-state index in [-0.39, 0.29) is 11.4 Å². The minimum Gasteiger partial charge on any atom is -0.443 e. The molecule has 0 spiro atoms. The largest absolute Gasteiger partial charge is 0.443 e. The van der Waals surface area contributed by atoms with Crippen LogP contribution in [-0.2, 0) is 4.74 Å².